The molecule has 24 heavy (non-hydrogen) atoms. The van der Waals surface area contributed by atoms with Crippen LogP contribution >= 0.6 is 11.6 Å². The van der Waals surface area contributed by atoms with Gasteiger partial charge in [-0.25, -0.2) is 0 Å². The van der Waals surface area contributed by atoms with E-state index < -0.39 is 0 Å². The second kappa shape index (κ2) is 7.27. The average molecular weight is 341 g/mol. The molecular weight excluding hydrogens is 324 g/mol. The fourth-order valence-electron chi connectivity index (χ4n) is 2.38. The highest BCUT2D eigenvalue weighted by Crippen LogP contribution is 2.17. The van der Waals surface area contributed by atoms with Crippen LogP contribution in [0.1, 0.15) is 11.3 Å². The second-order valence-electron chi connectivity index (χ2n) is 5.40. The standard InChI is InChI=1S/C18H17ClN4O/c1-23-14(11-17(22-23)16-8-4-5-9-20-16)12-21-18(24)10-13-6-2-3-7-15(13)19/h2-9,11H,10,12H2,1H3,(H,21,24). The molecule has 0 bridgehead atoms. The molecule has 0 saturated heterocycles. The number of carbonyl (C=O) groups excluding carboxylic acids is 1. The van der Waals surface area contributed by atoms with E-state index in [0.717, 1.165) is 22.6 Å². The van der Waals surface area contributed by atoms with Gasteiger partial charge in [-0.05, 0) is 29.8 Å². The summed E-state index contributed by atoms with van der Waals surface area (Å²) >= 11 is 6.08. The molecule has 0 radical (unpaired) electrons. The first-order valence-electron chi connectivity index (χ1n) is 7.58. The van der Waals surface area contributed by atoms with Crippen molar-refractivity contribution in [1.29, 1.82) is 0 Å². The quantitative estimate of drug-likeness (QED) is 0.776. The van der Waals surface area contributed by atoms with E-state index in [2.05, 4.69) is 15.4 Å². The zero-order valence-electron chi connectivity index (χ0n) is 13.2. The molecule has 0 aliphatic heterocycles. The van der Waals surface area contributed by atoms with E-state index in [1.54, 1.807) is 16.9 Å². The van der Waals surface area contributed by atoms with Crippen molar-refractivity contribution >= 4 is 17.5 Å². The number of carbonyl (C=O) groups is 1. The third kappa shape index (κ3) is 3.81. The summed E-state index contributed by atoms with van der Waals surface area (Å²) in [5.74, 6) is -0.0799. The Morgan fingerprint density at radius 2 is 1.96 bits per heavy atom. The topological polar surface area (TPSA) is 59.8 Å². The fourth-order valence-corrected chi connectivity index (χ4v) is 2.58. The van der Waals surface area contributed by atoms with Crippen molar-refractivity contribution in [2.75, 3.05) is 0 Å². The van der Waals surface area contributed by atoms with Gasteiger partial charge in [0.1, 0.15) is 5.69 Å². The number of rotatable bonds is 5. The Kier molecular flexibility index (Phi) is 4.91. The van der Waals surface area contributed by atoms with Crippen molar-refractivity contribution in [3.8, 4) is 11.4 Å². The summed E-state index contributed by atoms with van der Waals surface area (Å²) < 4.78 is 1.75. The largest absolute Gasteiger partial charge is 0.350 e. The lowest BCUT2D eigenvalue weighted by molar-refractivity contribution is -0.120. The average Bonchev–Trinajstić information content (AvgIpc) is 2.97. The minimum Gasteiger partial charge on any atom is -0.350 e. The van der Waals surface area contributed by atoms with Crippen LogP contribution in [0.5, 0.6) is 0 Å². The van der Waals surface area contributed by atoms with E-state index in [1.165, 1.54) is 0 Å². The molecule has 0 fully saturated rings. The van der Waals surface area contributed by atoms with Crippen molar-refractivity contribution in [3.05, 3.63) is 71.0 Å². The highest BCUT2D eigenvalue weighted by atomic mass is 35.5. The molecule has 0 unspecified atom stereocenters. The number of aryl methyl sites for hydroxylation is 1. The molecule has 3 aromatic rings. The molecule has 0 saturated carbocycles. The predicted octanol–water partition coefficient (Wildman–Crippen LogP) is 2.99. The van der Waals surface area contributed by atoms with Crippen molar-refractivity contribution in [1.82, 2.24) is 20.1 Å². The number of benzene rings is 1. The third-order valence-electron chi connectivity index (χ3n) is 3.68. The van der Waals surface area contributed by atoms with Gasteiger partial charge in [-0.2, -0.15) is 5.10 Å². The van der Waals surface area contributed by atoms with Crippen LogP contribution in [0.4, 0.5) is 0 Å². The summed E-state index contributed by atoms with van der Waals surface area (Å²) in [7, 11) is 1.85. The van der Waals surface area contributed by atoms with Crippen LogP contribution in [0.3, 0.4) is 0 Å². The first-order valence-corrected chi connectivity index (χ1v) is 7.95. The van der Waals surface area contributed by atoms with Crippen LogP contribution in [0.25, 0.3) is 11.4 Å². The Morgan fingerprint density at radius 1 is 1.17 bits per heavy atom. The molecule has 0 aliphatic carbocycles. The van der Waals surface area contributed by atoms with E-state index in [0.29, 0.717) is 11.6 Å². The fraction of sp³-hybridized carbons (Fsp3) is 0.167. The Hall–Kier alpha value is -2.66. The second-order valence-corrected chi connectivity index (χ2v) is 5.81. The number of halogens is 1. The van der Waals surface area contributed by atoms with E-state index in [1.807, 2.05) is 49.5 Å². The number of amides is 1. The summed E-state index contributed by atoms with van der Waals surface area (Å²) in [5.41, 5.74) is 3.31. The van der Waals surface area contributed by atoms with Crippen LogP contribution in [0.2, 0.25) is 5.02 Å². The number of nitrogens with one attached hydrogen (secondary N) is 1. The lowest BCUT2D eigenvalue weighted by Crippen LogP contribution is -2.25. The van der Waals surface area contributed by atoms with Gasteiger partial charge in [0.2, 0.25) is 5.91 Å². The van der Waals surface area contributed by atoms with E-state index in [9.17, 15) is 4.79 Å². The molecular formula is C18H17ClN4O. The molecule has 0 spiro atoms. The number of pyridine rings is 1. The van der Waals surface area contributed by atoms with Crippen LogP contribution in [0.15, 0.2) is 54.7 Å². The molecule has 2 heterocycles. The highest BCUT2D eigenvalue weighted by Gasteiger charge is 2.10. The molecule has 0 atom stereocenters. The van der Waals surface area contributed by atoms with Gasteiger partial charge in [-0.3, -0.25) is 14.5 Å². The van der Waals surface area contributed by atoms with Crippen molar-refractivity contribution in [3.63, 3.8) is 0 Å². The SMILES string of the molecule is Cn1nc(-c2ccccn2)cc1CNC(=O)Cc1ccccc1Cl. The first kappa shape index (κ1) is 16.2. The monoisotopic (exact) mass is 340 g/mol. The molecule has 122 valence electrons. The number of nitrogens with zero attached hydrogens (tertiary/aromatic N) is 3. The summed E-state index contributed by atoms with van der Waals surface area (Å²) in [4.78, 5) is 16.4. The lowest BCUT2D eigenvalue weighted by atomic mass is 10.1. The Labute approximate surface area is 145 Å². The third-order valence-corrected chi connectivity index (χ3v) is 4.05. The van der Waals surface area contributed by atoms with Gasteiger partial charge < -0.3 is 5.32 Å². The Bertz CT molecular complexity index is 845. The zero-order chi connectivity index (χ0) is 16.9. The molecule has 1 aromatic carbocycles. The molecule has 2 aromatic heterocycles. The molecule has 5 nitrogen and oxygen atoms in total. The van der Waals surface area contributed by atoms with Crippen molar-refractivity contribution in [2.24, 2.45) is 7.05 Å². The minimum absolute atomic E-state index is 0.0799. The van der Waals surface area contributed by atoms with Crippen LogP contribution < -0.4 is 5.32 Å². The number of aromatic nitrogens is 3. The molecule has 0 aliphatic rings. The maximum Gasteiger partial charge on any atom is 0.224 e. The zero-order valence-corrected chi connectivity index (χ0v) is 14.0. The van der Waals surface area contributed by atoms with E-state index in [-0.39, 0.29) is 12.3 Å². The van der Waals surface area contributed by atoms with Gasteiger partial charge in [0, 0.05) is 18.3 Å². The molecule has 1 amide bonds. The van der Waals surface area contributed by atoms with Gasteiger partial charge in [-0.15, -0.1) is 0 Å². The molecule has 6 heteroatoms. The van der Waals surface area contributed by atoms with Crippen LogP contribution in [-0.4, -0.2) is 20.7 Å². The van der Waals surface area contributed by atoms with E-state index >= 15 is 0 Å². The van der Waals surface area contributed by atoms with Crippen molar-refractivity contribution in [2.45, 2.75) is 13.0 Å². The maximum atomic E-state index is 12.1. The lowest BCUT2D eigenvalue weighted by Gasteiger charge is -2.06. The maximum absolute atomic E-state index is 12.1. The number of hydrogen-bond acceptors (Lipinski definition) is 3. The van der Waals surface area contributed by atoms with Gasteiger partial charge in [0.25, 0.3) is 0 Å². The molecule has 1 N–H and O–H groups in total. The summed E-state index contributed by atoms with van der Waals surface area (Å²) in [6.45, 7) is 0.402. The van der Waals surface area contributed by atoms with Gasteiger partial charge >= 0.3 is 0 Å². The Morgan fingerprint density at radius 3 is 2.71 bits per heavy atom. The van der Waals surface area contributed by atoms with Crippen LogP contribution in [0, 0.1) is 0 Å². The number of hydrogen-bond donors (Lipinski definition) is 1. The normalized spacial score (nSPS) is 10.6. The van der Waals surface area contributed by atoms with Crippen LogP contribution in [-0.2, 0) is 24.8 Å². The first-order chi connectivity index (χ1) is 11.6. The summed E-state index contributed by atoms with van der Waals surface area (Å²) in [6.07, 6.45) is 1.99. The highest BCUT2D eigenvalue weighted by molar-refractivity contribution is 6.31. The Balaban J connectivity index is 1.64. The van der Waals surface area contributed by atoms with Crippen molar-refractivity contribution < 1.29 is 4.79 Å². The summed E-state index contributed by atoms with van der Waals surface area (Å²) in [6, 6.07) is 15.0. The van der Waals surface area contributed by atoms with Gasteiger partial charge in [0.15, 0.2) is 0 Å². The minimum atomic E-state index is -0.0799. The smallest absolute Gasteiger partial charge is 0.224 e. The predicted molar refractivity (Wildman–Crippen MR) is 93.4 cm³/mol. The molecule has 3 rings (SSSR count). The van der Waals surface area contributed by atoms with Gasteiger partial charge in [-0.1, -0.05) is 35.9 Å². The summed E-state index contributed by atoms with van der Waals surface area (Å²) in [5, 5.41) is 7.94. The van der Waals surface area contributed by atoms with E-state index in [4.69, 9.17) is 11.6 Å². The van der Waals surface area contributed by atoms with Gasteiger partial charge in [0.05, 0.1) is 24.4 Å².